The van der Waals surface area contributed by atoms with E-state index in [1.54, 1.807) is 6.07 Å². The van der Waals surface area contributed by atoms with Gasteiger partial charge in [0.2, 0.25) is 5.91 Å². The van der Waals surface area contributed by atoms with Crippen molar-refractivity contribution < 1.29 is 9.59 Å². The maximum atomic E-state index is 12.8. The highest BCUT2D eigenvalue weighted by Gasteiger charge is 2.25. The molecule has 2 aromatic carbocycles. The lowest BCUT2D eigenvalue weighted by molar-refractivity contribution is -0.113. The van der Waals surface area contributed by atoms with Crippen molar-refractivity contribution in [1.29, 1.82) is 0 Å². The van der Waals surface area contributed by atoms with Crippen LogP contribution in [0.4, 0.5) is 5.69 Å². The lowest BCUT2D eigenvalue weighted by atomic mass is 10.0. The normalized spacial score (nSPS) is 11.9. The van der Waals surface area contributed by atoms with Crippen molar-refractivity contribution in [1.82, 2.24) is 20.1 Å². The minimum atomic E-state index is -0.307. The first-order valence-corrected chi connectivity index (χ1v) is 11.1. The van der Waals surface area contributed by atoms with Gasteiger partial charge in [-0.25, -0.2) is 0 Å². The predicted octanol–water partition coefficient (Wildman–Crippen LogP) is 3.98. The fourth-order valence-electron chi connectivity index (χ4n) is 3.11. The number of aryl methyl sites for hydroxylation is 1. The number of carbonyl (C=O) groups excluding carboxylic acids is 2. The molecule has 31 heavy (non-hydrogen) atoms. The van der Waals surface area contributed by atoms with Crippen molar-refractivity contribution in [2.24, 2.45) is 13.0 Å². The summed E-state index contributed by atoms with van der Waals surface area (Å²) in [7, 11) is 1.85. The Morgan fingerprint density at radius 1 is 1.06 bits per heavy atom. The molecular formula is C23H27N5O2S. The molecule has 1 aromatic heterocycles. The molecule has 0 saturated heterocycles. The van der Waals surface area contributed by atoms with Crippen molar-refractivity contribution >= 4 is 29.3 Å². The van der Waals surface area contributed by atoms with E-state index in [0.29, 0.717) is 16.5 Å². The van der Waals surface area contributed by atoms with Gasteiger partial charge in [-0.05, 0) is 37.1 Å². The van der Waals surface area contributed by atoms with Crippen molar-refractivity contribution in [2.75, 3.05) is 11.1 Å². The van der Waals surface area contributed by atoms with E-state index in [0.717, 1.165) is 11.3 Å². The molecule has 2 amide bonds. The maximum absolute atomic E-state index is 12.8. The van der Waals surface area contributed by atoms with Gasteiger partial charge in [-0.15, -0.1) is 10.2 Å². The third-order valence-electron chi connectivity index (χ3n) is 4.77. The van der Waals surface area contributed by atoms with Gasteiger partial charge in [-0.3, -0.25) is 9.59 Å². The number of nitrogens with zero attached hydrogens (tertiary/aromatic N) is 3. The molecule has 1 atom stereocenters. The van der Waals surface area contributed by atoms with Crippen LogP contribution in [0.5, 0.6) is 0 Å². The lowest BCUT2D eigenvalue weighted by Gasteiger charge is -2.21. The second-order valence-electron chi connectivity index (χ2n) is 7.67. The van der Waals surface area contributed by atoms with E-state index in [4.69, 9.17) is 0 Å². The molecule has 162 valence electrons. The van der Waals surface area contributed by atoms with Crippen molar-refractivity contribution in [3.63, 3.8) is 0 Å². The average Bonchev–Trinajstić information content (AvgIpc) is 3.11. The average molecular weight is 438 g/mol. The van der Waals surface area contributed by atoms with Crippen LogP contribution in [0, 0.1) is 12.8 Å². The summed E-state index contributed by atoms with van der Waals surface area (Å²) in [5, 5.41) is 15.1. The zero-order chi connectivity index (χ0) is 22.4. The maximum Gasteiger partial charge on any atom is 0.251 e. The molecule has 0 unspecified atom stereocenters. The summed E-state index contributed by atoms with van der Waals surface area (Å²) in [5.41, 5.74) is 2.39. The lowest BCUT2D eigenvalue weighted by Crippen LogP contribution is -2.33. The standard InChI is InChI=1S/C23H27N5O2S/c1-15(2)20(25-22(30)17-10-8-9-16(3)13-17)21-26-27-23(28(21)4)31-14-19(29)24-18-11-6-5-7-12-18/h5-13,15,20H,14H2,1-4H3,(H,24,29)(H,25,30)/t20-/m0/s1. The predicted molar refractivity (Wildman–Crippen MR) is 123 cm³/mol. The minimum Gasteiger partial charge on any atom is -0.342 e. The summed E-state index contributed by atoms with van der Waals surface area (Å²) >= 11 is 1.31. The first kappa shape index (κ1) is 22.6. The van der Waals surface area contributed by atoms with E-state index in [1.807, 2.05) is 80.9 Å². The summed E-state index contributed by atoms with van der Waals surface area (Å²) in [5.74, 6) is 0.705. The minimum absolute atomic E-state index is 0.107. The van der Waals surface area contributed by atoms with Gasteiger partial charge in [-0.1, -0.05) is 61.5 Å². The van der Waals surface area contributed by atoms with Crippen LogP contribution < -0.4 is 10.6 Å². The van der Waals surface area contributed by atoms with Crippen molar-refractivity contribution in [2.45, 2.75) is 32.0 Å². The number of aromatic nitrogens is 3. The molecule has 1 heterocycles. The molecule has 0 radical (unpaired) electrons. The van der Waals surface area contributed by atoms with E-state index >= 15 is 0 Å². The number of carbonyl (C=O) groups is 2. The smallest absolute Gasteiger partial charge is 0.251 e. The number of para-hydroxylation sites is 1. The van der Waals surface area contributed by atoms with Crippen LogP contribution in [0.15, 0.2) is 59.8 Å². The Labute approximate surface area is 186 Å². The van der Waals surface area contributed by atoms with Gasteiger partial charge in [0.25, 0.3) is 5.91 Å². The van der Waals surface area contributed by atoms with Crippen LogP contribution in [0.1, 0.15) is 41.6 Å². The highest BCUT2D eigenvalue weighted by atomic mass is 32.2. The molecule has 7 nitrogen and oxygen atoms in total. The number of anilines is 1. The monoisotopic (exact) mass is 437 g/mol. The fraction of sp³-hybridized carbons (Fsp3) is 0.304. The second-order valence-corrected chi connectivity index (χ2v) is 8.61. The van der Waals surface area contributed by atoms with Crippen molar-refractivity contribution in [3.8, 4) is 0 Å². The molecule has 3 aromatic rings. The number of hydrogen-bond acceptors (Lipinski definition) is 5. The van der Waals surface area contributed by atoms with Gasteiger partial charge in [0, 0.05) is 18.3 Å². The molecule has 0 spiro atoms. The van der Waals surface area contributed by atoms with Gasteiger partial charge < -0.3 is 15.2 Å². The number of benzene rings is 2. The van der Waals surface area contributed by atoms with Crippen LogP contribution in [0.25, 0.3) is 0 Å². The molecule has 0 saturated carbocycles. The Hall–Kier alpha value is -3.13. The number of hydrogen-bond donors (Lipinski definition) is 2. The largest absolute Gasteiger partial charge is 0.342 e. The van der Waals surface area contributed by atoms with E-state index < -0.39 is 0 Å². The Balaban J connectivity index is 1.67. The van der Waals surface area contributed by atoms with Crippen LogP contribution in [0.3, 0.4) is 0 Å². The van der Waals surface area contributed by atoms with E-state index in [2.05, 4.69) is 20.8 Å². The number of rotatable bonds is 8. The van der Waals surface area contributed by atoms with Crippen LogP contribution in [-0.2, 0) is 11.8 Å². The molecule has 3 rings (SSSR count). The van der Waals surface area contributed by atoms with Gasteiger partial charge in [0.15, 0.2) is 11.0 Å². The van der Waals surface area contributed by atoms with E-state index in [9.17, 15) is 9.59 Å². The number of amides is 2. The van der Waals surface area contributed by atoms with Crippen LogP contribution >= 0.6 is 11.8 Å². The third-order valence-corrected chi connectivity index (χ3v) is 5.79. The first-order valence-electron chi connectivity index (χ1n) is 10.1. The van der Waals surface area contributed by atoms with Crippen LogP contribution in [0.2, 0.25) is 0 Å². The molecule has 0 aliphatic carbocycles. The van der Waals surface area contributed by atoms with Gasteiger partial charge in [0.05, 0.1) is 11.8 Å². The van der Waals surface area contributed by atoms with Crippen LogP contribution in [-0.4, -0.2) is 32.3 Å². The van der Waals surface area contributed by atoms with Gasteiger partial charge >= 0.3 is 0 Å². The molecule has 2 N–H and O–H groups in total. The third kappa shape index (κ3) is 5.95. The van der Waals surface area contributed by atoms with E-state index in [1.165, 1.54) is 11.8 Å². The highest BCUT2D eigenvalue weighted by Crippen LogP contribution is 2.24. The summed E-state index contributed by atoms with van der Waals surface area (Å²) in [6, 6.07) is 16.5. The van der Waals surface area contributed by atoms with Gasteiger partial charge in [0.1, 0.15) is 0 Å². The Kier molecular flexibility index (Phi) is 7.46. The summed E-state index contributed by atoms with van der Waals surface area (Å²) in [6.07, 6.45) is 0. The Morgan fingerprint density at radius 2 is 1.81 bits per heavy atom. The van der Waals surface area contributed by atoms with Gasteiger partial charge in [-0.2, -0.15) is 0 Å². The fourth-order valence-corrected chi connectivity index (χ4v) is 3.83. The zero-order valence-corrected chi connectivity index (χ0v) is 18.9. The number of nitrogens with one attached hydrogen (secondary N) is 2. The molecule has 0 bridgehead atoms. The quantitative estimate of drug-likeness (QED) is 0.521. The summed E-state index contributed by atoms with van der Waals surface area (Å²) in [4.78, 5) is 25.0. The second kappa shape index (κ2) is 10.3. The molecular weight excluding hydrogens is 410 g/mol. The van der Waals surface area contributed by atoms with Crippen molar-refractivity contribution in [3.05, 3.63) is 71.5 Å². The summed E-state index contributed by atoms with van der Waals surface area (Å²) < 4.78 is 1.83. The molecule has 0 aliphatic heterocycles. The number of thioether (sulfide) groups is 1. The Bertz CT molecular complexity index is 1050. The molecule has 8 heteroatoms. The highest BCUT2D eigenvalue weighted by molar-refractivity contribution is 7.99. The molecule has 0 fully saturated rings. The van der Waals surface area contributed by atoms with E-state index in [-0.39, 0.29) is 29.5 Å². The zero-order valence-electron chi connectivity index (χ0n) is 18.1. The first-order chi connectivity index (χ1) is 14.8. The Morgan fingerprint density at radius 3 is 2.48 bits per heavy atom. The topological polar surface area (TPSA) is 88.9 Å². The molecule has 0 aliphatic rings. The SMILES string of the molecule is Cc1cccc(C(=O)N[C@H](c2nnc(SCC(=O)Nc3ccccc3)n2C)C(C)C)c1. The summed E-state index contributed by atoms with van der Waals surface area (Å²) in [6.45, 7) is 6.00.